The highest BCUT2D eigenvalue weighted by molar-refractivity contribution is 9.09. The van der Waals surface area contributed by atoms with Gasteiger partial charge in [0.25, 0.3) is 0 Å². The molecule has 1 aromatic rings. The van der Waals surface area contributed by atoms with Gasteiger partial charge in [0.05, 0.1) is 13.2 Å². The molecule has 0 aliphatic rings. The summed E-state index contributed by atoms with van der Waals surface area (Å²) in [4.78, 5) is 0. The number of aryl methyl sites for hydroxylation is 1. The van der Waals surface area contributed by atoms with Gasteiger partial charge in [0, 0.05) is 5.33 Å². The smallest absolute Gasteiger partial charge is 0.119 e. The average Bonchev–Trinajstić information content (AvgIpc) is 2.16. The highest BCUT2D eigenvalue weighted by atomic mass is 79.9. The fourth-order valence-corrected chi connectivity index (χ4v) is 1.58. The molecular weight excluding hydrogens is 232 g/mol. The molecule has 0 heterocycles. The van der Waals surface area contributed by atoms with Crippen LogP contribution in [-0.4, -0.2) is 17.5 Å². The minimum atomic E-state index is -0.439. The Morgan fingerprint density at radius 2 is 2.23 bits per heavy atom. The van der Waals surface area contributed by atoms with Gasteiger partial charge in [0.2, 0.25) is 0 Å². The summed E-state index contributed by atoms with van der Waals surface area (Å²) >= 11 is 3.24. The lowest BCUT2D eigenvalue weighted by molar-refractivity contribution is 0.204. The van der Waals surface area contributed by atoms with Crippen molar-refractivity contribution in [3.05, 3.63) is 29.3 Å². The summed E-state index contributed by atoms with van der Waals surface area (Å²) in [5, 5.41) is 10.1. The summed E-state index contributed by atoms with van der Waals surface area (Å²) in [6.07, 6.45) is -0.439. The van der Waals surface area contributed by atoms with Gasteiger partial charge >= 0.3 is 0 Å². The van der Waals surface area contributed by atoms with Gasteiger partial charge in [-0.3, -0.25) is 0 Å². The van der Waals surface area contributed by atoms with Gasteiger partial charge in [0.1, 0.15) is 5.75 Å². The number of hydrogen-bond acceptors (Lipinski definition) is 2. The molecule has 0 aliphatic heterocycles. The number of aliphatic hydroxyl groups is 1. The molecule has 1 N–H and O–H groups in total. The summed E-state index contributed by atoms with van der Waals surface area (Å²) < 4.78 is 5.07. The summed E-state index contributed by atoms with van der Waals surface area (Å²) in [6.45, 7) is 1.96. The van der Waals surface area contributed by atoms with Gasteiger partial charge in [-0.25, -0.2) is 0 Å². The lowest BCUT2D eigenvalue weighted by atomic mass is 10.0. The molecule has 0 amide bonds. The Labute approximate surface area is 86.7 Å². The third-order valence-electron chi connectivity index (χ3n) is 1.98. The van der Waals surface area contributed by atoms with Crippen LogP contribution in [0.3, 0.4) is 0 Å². The normalized spacial score (nSPS) is 12.6. The Hall–Kier alpha value is -0.540. The van der Waals surface area contributed by atoms with E-state index in [0.29, 0.717) is 5.33 Å². The van der Waals surface area contributed by atoms with Crippen LogP contribution < -0.4 is 4.74 Å². The first-order chi connectivity index (χ1) is 6.19. The average molecular weight is 245 g/mol. The van der Waals surface area contributed by atoms with E-state index >= 15 is 0 Å². The molecule has 0 saturated heterocycles. The second kappa shape index (κ2) is 4.63. The monoisotopic (exact) mass is 244 g/mol. The van der Waals surface area contributed by atoms with Crippen molar-refractivity contribution in [2.24, 2.45) is 0 Å². The first-order valence-corrected chi connectivity index (χ1v) is 5.19. The van der Waals surface area contributed by atoms with Gasteiger partial charge in [-0.05, 0) is 30.2 Å². The van der Waals surface area contributed by atoms with Crippen LogP contribution in [0.2, 0.25) is 0 Å². The number of halogens is 1. The van der Waals surface area contributed by atoms with Crippen molar-refractivity contribution < 1.29 is 9.84 Å². The maximum Gasteiger partial charge on any atom is 0.119 e. The quantitative estimate of drug-likeness (QED) is 0.828. The van der Waals surface area contributed by atoms with Crippen LogP contribution in [0.5, 0.6) is 5.75 Å². The molecule has 2 nitrogen and oxygen atoms in total. The van der Waals surface area contributed by atoms with E-state index in [2.05, 4.69) is 15.9 Å². The molecule has 72 valence electrons. The van der Waals surface area contributed by atoms with Crippen molar-refractivity contribution in [2.75, 3.05) is 12.4 Å². The molecule has 0 aromatic heterocycles. The maximum absolute atomic E-state index is 9.59. The number of alkyl halides is 1. The molecule has 1 unspecified atom stereocenters. The first kappa shape index (κ1) is 10.5. The van der Waals surface area contributed by atoms with E-state index in [4.69, 9.17) is 4.74 Å². The van der Waals surface area contributed by atoms with Crippen molar-refractivity contribution in [2.45, 2.75) is 13.0 Å². The fraction of sp³-hybridized carbons (Fsp3) is 0.400. The molecule has 1 atom stereocenters. The second-order valence-electron chi connectivity index (χ2n) is 2.89. The summed E-state index contributed by atoms with van der Waals surface area (Å²) in [6, 6.07) is 5.66. The maximum atomic E-state index is 9.59. The van der Waals surface area contributed by atoms with E-state index in [-0.39, 0.29) is 0 Å². The second-order valence-corrected chi connectivity index (χ2v) is 3.54. The standard InChI is InChI=1S/C10H13BrO2/c1-7-5-8(13-2)3-4-9(7)10(12)6-11/h3-5,10,12H,6H2,1-2H3. The predicted molar refractivity (Wildman–Crippen MR) is 56.5 cm³/mol. The topological polar surface area (TPSA) is 29.5 Å². The SMILES string of the molecule is COc1ccc(C(O)CBr)c(C)c1. The van der Waals surface area contributed by atoms with Crippen molar-refractivity contribution >= 4 is 15.9 Å². The van der Waals surface area contributed by atoms with Gasteiger partial charge in [-0.2, -0.15) is 0 Å². The fourth-order valence-electron chi connectivity index (χ4n) is 1.23. The zero-order valence-electron chi connectivity index (χ0n) is 7.75. The van der Waals surface area contributed by atoms with Gasteiger partial charge in [-0.1, -0.05) is 22.0 Å². The number of methoxy groups -OCH3 is 1. The van der Waals surface area contributed by atoms with Crippen LogP contribution in [0.1, 0.15) is 17.2 Å². The molecule has 13 heavy (non-hydrogen) atoms. The molecule has 1 rings (SSSR count). The van der Waals surface area contributed by atoms with Crippen LogP contribution in [0, 0.1) is 6.92 Å². The minimum absolute atomic E-state index is 0.439. The van der Waals surface area contributed by atoms with Gasteiger partial charge in [-0.15, -0.1) is 0 Å². The van der Waals surface area contributed by atoms with Crippen LogP contribution in [0.4, 0.5) is 0 Å². The molecule has 1 aromatic carbocycles. The third kappa shape index (κ3) is 2.45. The van der Waals surface area contributed by atoms with Crippen LogP contribution in [0.15, 0.2) is 18.2 Å². The Bertz CT molecular complexity index is 286. The molecule has 0 radical (unpaired) electrons. The Morgan fingerprint density at radius 3 is 2.69 bits per heavy atom. The summed E-state index contributed by atoms with van der Waals surface area (Å²) in [7, 11) is 1.63. The van der Waals surface area contributed by atoms with Crippen molar-refractivity contribution in [1.29, 1.82) is 0 Å². The zero-order valence-corrected chi connectivity index (χ0v) is 9.34. The van der Waals surface area contributed by atoms with Gasteiger partial charge < -0.3 is 9.84 Å². The summed E-state index contributed by atoms with van der Waals surface area (Å²) in [5.74, 6) is 0.822. The molecular formula is C10H13BrO2. The third-order valence-corrected chi connectivity index (χ3v) is 2.60. The van der Waals surface area contributed by atoms with Crippen LogP contribution in [0.25, 0.3) is 0 Å². The molecule has 0 saturated carbocycles. The molecule has 0 fully saturated rings. The van der Waals surface area contributed by atoms with E-state index < -0.39 is 6.10 Å². The van der Waals surface area contributed by atoms with E-state index in [1.807, 2.05) is 25.1 Å². The number of hydrogen-bond donors (Lipinski definition) is 1. The highest BCUT2D eigenvalue weighted by Gasteiger charge is 2.08. The number of rotatable bonds is 3. The van der Waals surface area contributed by atoms with E-state index in [1.54, 1.807) is 7.11 Å². The largest absolute Gasteiger partial charge is 0.497 e. The zero-order chi connectivity index (χ0) is 9.84. The number of benzene rings is 1. The Kier molecular flexibility index (Phi) is 3.75. The first-order valence-electron chi connectivity index (χ1n) is 4.07. The van der Waals surface area contributed by atoms with Gasteiger partial charge in [0.15, 0.2) is 0 Å². The van der Waals surface area contributed by atoms with E-state index in [1.165, 1.54) is 0 Å². The van der Waals surface area contributed by atoms with Crippen LogP contribution >= 0.6 is 15.9 Å². The lowest BCUT2D eigenvalue weighted by Gasteiger charge is -2.11. The molecule has 3 heteroatoms. The Balaban J connectivity index is 2.98. The number of ether oxygens (including phenoxy) is 1. The highest BCUT2D eigenvalue weighted by Crippen LogP contribution is 2.23. The minimum Gasteiger partial charge on any atom is -0.497 e. The molecule has 0 bridgehead atoms. The van der Waals surface area contributed by atoms with Crippen molar-refractivity contribution in [1.82, 2.24) is 0 Å². The van der Waals surface area contributed by atoms with Crippen molar-refractivity contribution in [3.63, 3.8) is 0 Å². The summed E-state index contributed by atoms with van der Waals surface area (Å²) in [5.41, 5.74) is 1.99. The molecule has 0 spiro atoms. The van der Waals surface area contributed by atoms with Crippen molar-refractivity contribution in [3.8, 4) is 5.75 Å². The van der Waals surface area contributed by atoms with E-state index in [9.17, 15) is 5.11 Å². The van der Waals surface area contributed by atoms with E-state index in [0.717, 1.165) is 16.9 Å². The lowest BCUT2D eigenvalue weighted by Crippen LogP contribution is -2.01. The molecule has 0 aliphatic carbocycles. The van der Waals surface area contributed by atoms with Crippen LogP contribution in [-0.2, 0) is 0 Å². The predicted octanol–water partition coefficient (Wildman–Crippen LogP) is 2.43. The Morgan fingerprint density at radius 1 is 1.54 bits per heavy atom. The number of aliphatic hydroxyl groups excluding tert-OH is 1.